The number of phenolic OH excluding ortho intramolecular Hbond substituents is 1. The molecule has 4 nitrogen and oxygen atoms in total. The number of ether oxygens (including phenoxy) is 1. The third kappa shape index (κ3) is 4.20. The van der Waals surface area contributed by atoms with Gasteiger partial charge in [0.1, 0.15) is 50.8 Å². The molecule has 1 fully saturated rings. The van der Waals surface area contributed by atoms with Gasteiger partial charge in [-0.3, -0.25) is 0 Å². The third-order valence-corrected chi connectivity index (χ3v) is 5.16. The van der Waals surface area contributed by atoms with E-state index in [0.717, 1.165) is 55.6 Å². The molecule has 0 unspecified atom stereocenters. The molecule has 1 aliphatic heterocycles. The van der Waals surface area contributed by atoms with Crippen LogP contribution in [0.3, 0.4) is 0 Å². The van der Waals surface area contributed by atoms with Crippen molar-refractivity contribution in [3.05, 3.63) is 58.6 Å². The van der Waals surface area contributed by atoms with Gasteiger partial charge in [-0.25, -0.2) is 0 Å². The molecule has 0 aromatic heterocycles. The van der Waals surface area contributed by atoms with E-state index in [1.807, 2.05) is 24.3 Å². The van der Waals surface area contributed by atoms with Gasteiger partial charge in [-0.2, -0.15) is 0 Å². The fourth-order valence-corrected chi connectivity index (χ4v) is 3.52. The van der Waals surface area contributed by atoms with Gasteiger partial charge in [0.2, 0.25) is 0 Å². The minimum Gasteiger partial charge on any atom is -0.507 e. The predicted octanol–water partition coefficient (Wildman–Crippen LogP) is 0.538. The fraction of sp³-hybridized carbons (Fsp3) is 0.368. The Morgan fingerprint density at radius 3 is 2.21 bits per heavy atom. The molecule has 1 heterocycles. The molecular weight excluding hydrogens is 324 g/mol. The van der Waals surface area contributed by atoms with Gasteiger partial charge in [-0.05, 0) is 24.3 Å². The van der Waals surface area contributed by atoms with E-state index < -0.39 is 0 Å². The quantitative estimate of drug-likeness (QED) is 0.738. The van der Waals surface area contributed by atoms with Crippen LogP contribution in [-0.2, 0) is 13.1 Å². The lowest BCUT2D eigenvalue weighted by Crippen LogP contribution is -3.27. The second-order valence-corrected chi connectivity index (χ2v) is 6.85. The van der Waals surface area contributed by atoms with E-state index in [-0.39, 0.29) is 0 Å². The highest BCUT2D eigenvalue weighted by Crippen LogP contribution is 2.21. The summed E-state index contributed by atoms with van der Waals surface area (Å²) in [6, 6.07) is 13.5. The summed E-state index contributed by atoms with van der Waals surface area (Å²) in [6.07, 6.45) is 0. The first-order chi connectivity index (χ1) is 11.7. The smallest absolute Gasteiger partial charge is 0.127 e. The number of rotatable bonds is 5. The summed E-state index contributed by atoms with van der Waals surface area (Å²) in [6.45, 7) is 6.24. The molecule has 0 atom stereocenters. The molecule has 3 N–H and O–H groups in total. The summed E-state index contributed by atoms with van der Waals surface area (Å²) < 4.78 is 5.26. The zero-order valence-electron chi connectivity index (χ0n) is 14.0. The Kier molecular flexibility index (Phi) is 5.61. The standard InChI is InChI=1S/C19H23ClN2O2/c1-24-17-6-7-19(23)16(12-17)14-22-10-8-21(9-11-22)13-15-4-2-3-5-18(15)20/h2-7,12,23H,8-11,13-14H2,1H3/p+2. The number of halogens is 1. The van der Waals surface area contributed by atoms with Crippen LogP contribution in [0.2, 0.25) is 5.02 Å². The first-order valence-corrected chi connectivity index (χ1v) is 8.80. The monoisotopic (exact) mass is 348 g/mol. The van der Waals surface area contributed by atoms with Crippen LogP contribution >= 0.6 is 11.6 Å². The fourth-order valence-electron chi connectivity index (χ4n) is 3.32. The molecular formula is C19H25ClN2O2+2. The molecule has 0 bridgehead atoms. The van der Waals surface area contributed by atoms with Gasteiger partial charge in [0, 0.05) is 10.6 Å². The van der Waals surface area contributed by atoms with E-state index >= 15 is 0 Å². The Morgan fingerprint density at radius 1 is 0.958 bits per heavy atom. The highest BCUT2D eigenvalue weighted by atomic mass is 35.5. The molecule has 5 heteroatoms. The van der Waals surface area contributed by atoms with Crippen molar-refractivity contribution < 1.29 is 19.6 Å². The first kappa shape index (κ1) is 17.1. The van der Waals surface area contributed by atoms with Crippen molar-refractivity contribution in [3.8, 4) is 11.5 Å². The van der Waals surface area contributed by atoms with Crippen molar-refractivity contribution in [1.82, 2.24) is 0 Å². The molecule has 2 aromatic rings. The molecule has 24 heavy (non-hydrogen) atoms. The van der Waals surface area contributed by atoms with Crippen LogP contribution < -0.4 is 14.5 Å². The van der Waals surface area contributed by atoms with E-state index in [4.69, 9.17) is 16.3 Å². The van der Waals surface area contributed by atoms with Crippen LogP contribution in [0.1, 0.15) is 11.1 Å². The Balaban J connectivity index is 1.55. The van der Waals surface area contributed by atoms with Crippen molar-refractivity contribution in [2.24, 2.45) is 0 Å². The zero-order valence-corrected chi connectivity index (χ0v) is 14.8. The number of nitrogens with one attached hydrogen (secondary N) is 2. The Bertz CT molecular complexity index is 685. The van der Waals surface area contributed by atoms with Crippen LogP contribution in [0.25, 0.3) is 0 Å². The molecule has 128 valence electrons. The Labute approximate surface area is 148 Å². The Morgan fingerprint density at radius 2 is 1.58 bits per heavy atom. The molecule has 0 radical (unpaired) electrons. The van der Waals surface area contributed by atoms with Gasteiger partial charge in [0.05, 0.1) is 12.7 Å². The number of quaternary nitrogens is 2. The van der Waals surface area contributed by atoms with Crippen LogP contribution in [0.5, 0.6) is 11.5 Å². The molecule has 0 aliphatic carbocycles. The summed E-state index contributed by atoms with van der Waals surface area (Å²) in [5, 5.41) is 10.9. The summed E-state index contributed by atoms with van der Waals surface area (Å²) in [5.74, 6) is 1.15. The summed E-state index contributed by atoms with van der Waals surface area (Å²) >= 11 is 6.27. The zero-order chi connectivity index (χ0) is 16.9. The highest BCUT2D eigenvalue weighted by Gasteiger charge is 2.24. The van der Waals surface area contributed by atoms with Gasteiger partial charge >= 0.3 is 0 Å². The second kappa shape index (κ2) is 7.88. The third-order valence-electron chi connectivity index (χ3n) is 4.79. The van der Waals surface area contributed by atoms with Crippen LogP contribution in [0.15, 0.2) is 42.5 Å². The average molecular weight is 349 g/mol. The minimum atomic E-state index is 0.356. The number of aromatic hydroxyl groups is 1. The molecule has 0 amide bonds. The molecule has 1 saturated heterocycles. The molecule has 0 spiro atoms. The van der Waals surface area contributed by atoms with Gasteiger partial charge in [-0.15, -0.1) is 0 Å². The van der Waals surface area contributed by atoms with Gasteiger partial charge in [-0.1, -0.05) is 29.8 Å². The maximum absolute atomic E-state index is 10.0. The van der Waals surface area contributed by atoms with E-state index in [9.17, 15) is 5.11 Å². The lowest BCUT2D eigenvalue weighted by atomic mass is 10.1. The molecule has 3 rings (SSSR count). The van der Waals surface area contributed by atoms with Crippen molar-refractivity contribution >= 4 is 11.6 Å². The lowest BCUT2D eigenvalue weighted by molar-refractivity contribution is -1.02. The van der Waals surface area contributed by atoms with Gasteiger partial charge in [0.15, 0.2) is 0 Å². The first-order valence-electron chi connectivity index (χ1n) is 8.42. The summed E-state index contributed by atoms with van der Waals surface area (Å²) in [5.41, 5.74) is 2.18. The topological polar surface area (TPSA) is 38.3 Å². The van der Waals surface area contributed by atoms with E-state index in [1.54, 1.807) is 24.1 Å². The van der Waals surface area contributed by atoms with Crippen molar-refractivity contribution in [2.45, 2.75) is 13.1 Å². The molecule has 2 aromatic carbocycles. The largest absolute Gasteiger partial charge is 0.507 e. The predicted molar refractivity (Wildman–Crippen MR) is 94.9 cm³/mol. The Hall–Kier alpha value is -1.75. The average Bonchev–Trinajstić information content (AvgIpc) is 2.60. The van der Waals surface area contributed by atoms with Crippen molar-refractivity contribution in [1.29, 1.82) is 0 Å². The second-order valence-electron chi connectivity index (χ2n) is 6.44. The number of hydrogen-bond acceptors (Lipinski definition) is 2. The summed E-state index contributed by atoms with van der Waals surface area (Å²) in [4.78, 5) is 3.07. The number of methoxy groups -OCH3 is 1. The molecule has 0 saturated carbocycles. The summed E-state index contributed by atoms with van der Waals surface area (Å²) in [7, 11) is 1.65. The lowest BCUT2D eigenvalue weighted by Gasteiger charge is -2.30. The van der Waals surface area contributed by atoms with Gasteiger partial charge < -0.3 is 19.6 Å². The maximum Gasteiger partial charge on any atom is 0.127 e. The highest BCUT2D eigenvalue weighted by molar-refractivity contribution is 6.31. The van der Waals surface area contributed by atoms with E-state index in [2.05, 4.69) is 6.07 Å². The minimum absolute atomic E-state index is 0.356. The van der Waals surface area contributed by atoms with Gasteiger partial charge in [0.25, 0.3) is 0 Å². The SMILES string of the molecule is COc1ccc(O)c(C[NH+]2CC[NH+](Cc3ccccc3Cl)CC2)c1. The number of phenols is 1. The van der Waals surface area contributed by atoms with Crippen LogP contribution in [0.4, 0.5) is 0 Å². The van der Waals surface area contributed by atoms with Crippen molar-refractivity contribution in [3.63, 3.8) is 0 Å². The normalized spacial score (nSPS) is 20.8. The van der Waals surface area contributed by atoms with E-state index in [1.165, 1.54) is 10.5 Å². The van der Waals surface area contributed by atoms with Crippen molar-refractivity contribution in [2.75, 3.05) is 33.3 Å². The van der Waals surface area contributed by atoms with Crippen LogP contribution in [0, 0.1) is 0 Å². The molecule has 1 aliphatic rings. The van der Waals surface area contributed by atoms with E-state index in [0.29, 0.717) is 5.75 Å². The number of piperazine rings is 1. The van der Waals surface area contributed by atoms with Crippen LogP contribution in [-0.4, -0.2) is 38.4 Å². The number of hydrogen-bond donors (Lipinski definition) is 3. The maximum atomic E-state index is 10.0. The number of benzene rings is 2.